The van der Waals surface area contributed by atoms with E-state index in [-0.39, 0.29) is 10.6 Å². The van der Waals surface area contributed by atoms with E-state index in [1.807, 2.05) is 6.07 Å². The largest absolute Gasteiger partial charge is 0.508 e. The van der Waals surface area contributed by atoms with Crippen LogP contribution in [-0.2, 0) is 10.0 Å². The molecule has 0 amide bonds. The zero-order valence-corrected chi connectivity index (χ0v) is 11.6. The topological polar surface area (TPSA) is 102 Å². The molecule has 6 nitrogen and oxygen atoms in total. The Bertz CT molecular complexity index is 916. The number of aromatic amines is 1. The third kappa shape index (κ3) is 2.50. The fourth-order valence-corrected chi connectivity index (χ4v) is 3.18. The Labute approximate surface area is 120 Å². The second-order valence-corrected chi connectivity index (χ2v) is 6.19. The quantitative estimate of drug-likeness (QED) is 0.596. The van der Waals surface area contributed by atoms with Crippen molar-refractivity contribution in [3.8, 4) is 11.5 Å². The van der Waals surface area contributed by atoms with Gasteiger partial charge in [-0.15, -0.1) is 0 Å². The van der Waals surface area contributed by atoms with E-state index in [2.05, 4.69) is 9.71 Å². The molecule has 0 aliphatic rings. The maximum atomic E-state index is 12.2. The van der Waals surface area contributed by atoms with Gasteiger partial charge in [-0.05, 0) is 35.7 Å². The molecule has 3 rings (SSSR count). The maximum absolute atomic E-state index is 12.2. The van der Waals surface area contributed by atoms with Crippen LogP contribution in [0.3, 0.4) is 0 Å². The zero-order valence-electron chi connectivity index (χ0n) is 10.7. The van der Waals surface area contributed by atoms with Gasteiger partial charge in [0.15, 0.2) is 0 Å². The molecule has 2 aromatic carbocycles. The molecule has 3 aromatic rings. The summed E-state index contributed by atoms with van der Waals surface area (Å²) in [6.07, 6.45) is 1.76. The van der Waals surface area contributed by atoms with Gasteiger partial charge in [0.25, 0.3) is 10.0 Å². The number of aromatic hydroxyl groups is 2. The van der Waals surface area contributed by atoms with Crippen molar-refractivity contribution in [1.82, 2.24) is 4.98 Å². The smallest absolute Gasteiger partial charge is 0.265 e. The summed E-state index contributed by atoms with van der Waals surface area (Å²) in [5.41, 5.74) is 1.17. The van der Waals surface area contributed by atoms with E-state index in [0.717, 1.165) is 23.0 Å². The van der Waals surface area contributed by atoms with Gasteiger partial charge in [0.1, 0.15) is 16.4 Å². The van der Waals surface area contributed by atoms with Gasteiger partial charge in [-0.2, -0.15) is 0 Å². The minimum Gasteiger partial charge on any atom is -0.508 e. The van der Waals surface area contributed by atoms with Crippen LogP contribution in [0.25, 0.3) is 10.9 Å². The number of hydrogen-bond acceptors (Lipinski definition) is 4. The first kappa shape index (κ1) is 13.3. The third-order valence-electron chi connectivity index (χ3n) is 3.04. The fraction of sp³-hybridized carbons (Fsp3) is 0. The maximum Gasteiger partial charge on any atom is 0.265 e. The second-order valence-electron chi connectivity index (χ2n) is 4.54. The van der Waals surface area contributed by atoms with Crippen molar-refractivity contribution in [3.05, 3.63) is 48.7 Å². The van der Waals surface area contributed by atoms with Gasteiger partial charge in [-0.3, -0.25) is 4.72 Å². The first-order chi connectivity index (χ1) is 9.95. The molecule has 0 aliphatic heterocycles. The molecule has 0 atom stereocenters. The Balaban J connectivity index is 1.98. The molecule has 0 saturated heterocycles. The molecule has 1 heterocycles. The Morgan fingerprint density at radius 2 is 1.81 bits per heavy atom. The highest BCUT2D eigenvalue weighted by Crippen LogP contribution is 2.28. The number of anilines is 1. The second kappa shape index (κ2) is 4.71. The minimum atomic E-state index is -3.94. The molecule has 108 valence electrons. The summed E-state index contributed by atoms with van der Waals surface area (Å²) >= 11 is 0. The Morgan fingerprint density at radius 1 is 1.00 bits per heavy atom. The van der Waals surface area contributed by atoms with Crippen LogP contribution in [0.4, 0.5) is 5.69 Å². The summed E-state index contributed by atoms with van der Waals surface area (Å²) in [4.78, 5) is 2.69. The molecule has 0 radical (unpaired) electrons. The molecule has 0 saturated carbocycles. The summed E-state index contributed by atoms with van der Waals surface area (Å²) in [5.74, 6) is -0.720. The van der Waals surface area contributed by atoms with Gasteiger partial charge in [-0.1, -0.05) is 6.07 Å². The van der Waals surface area contributed by atoms with Crippen LogP contribution in [0, 0.1) is 0 Å². The predicted octanol–water partition coefficient (Wildman–Crippen LogP) is 2.38. The highest BCUT2D eigenvalue weighted by molar-refractivity contribution is 7.92. The van der Waals surface area contributed by atoms with Gasteiger partial charge in [0.2, 0.25) is 0 Å². The average molecular weight is 304 g/mol. The SMILES string of the molecule is O=S(=O)(Nc1ccc2cc[nH]c2c1)c1ccc(O)cc1O. The summed E-state index contributed by atoms with van der Waals surface area (Å²) in [6, 6.07) is 10.3. The molecule has 4 N–H and O–H groups in total. The number of phenols is 2. The predicted molar refractivity (Wildman–Crippen MR) is 78.9 cm³/mol. The summed E-state index contributed by atoms with van der Waals surface area (Å²) in [7, 11) is -3.94. The van der Waals surface area contributed by atoms with Crippen LogP contribution in [0.2, 0.25) is 0 Å². The number of fused-ring (bicyclic) bond motifs is 1. The van der Waals surface area contributed by atoms with Crippen LogP contribution < -0.4 is 4.72 Å². The van der Waals surface area contributed by atoms with Gasteiger partial charge in [0, 0.05) is 17.8 Å². The van der Waals surface area contributed by atoms with Crippen molar-refractivity contribution in [1.29, 1.82) is 0 Å². The molecular formula is C14H12N2O4S. The lowest BCUT2D eigenvalue weighted by atomic mass is 10.2. The molecule has 21 heavy (non-hydrogen) atoms. The Hall–Kier alpha value is -2.67. The van der Waals surface area contributed by atoms with Crippen molar-refractivity contribution < 1.29 is 18.6 Å². The van der Waals surface area contributed by atoms with Gasteiger partial charge in [0.05, 0.1) is 5.69 Å². The summed E-state index contributed by atoms with van der Waals surface area (Å²) in [6.45, 7) is 0. The van der Waals surface area contributed by atoms with E-state index < -0.39 is 15.8 Å². The van der Waals surface area contributed by atoms with Crippen LogP contribution in [0.1, 0.15) is 0 Å². The first-order valence-corrected chi connectivity index (χ1v) is 7.56. The standard InChI is InChI=1S/C14H12N2O4S/c17-11-3-4-14(13(18)8-11)21(19,20)16-10-2-1-9-5-6-15-12(9)7-10/h1-8,15-18H. The number of H-pyrrole nitrogens is 1. The molecule has 1 aromatic heterocycles. The highest BCUT2D eigenvalue weighted by Gasteiger charge is 2.19. The Kier molecular flexibility index (Phi) is 2.99. The van der Waals surface area contributed by atoms with Crippen molar-refractivity contribution in [2.75, 3.05) is 4.72 Å². The highest BCUT2D eigenvalue weighted by atomic mass is 32.2. The molecule has 0 fully saturated rings. The number of benzene rings is 2. The van der Waals surface area contributed by atoms with Gasteiger partial charge in [-0.25, -0.2) is 8.42 Å². The van der Waals surface area contributed by atoms with E-state index in [4.69, 9.17) is 0 Å². The van der Waals surface area contributed by atoms with Crippen LogP contribution in [0.5, 0.6) is 11.5 Å². The van der Waals surface area contributed by atoms with Crippen LogP contribution in [0.15, 0.2) is 53.6 Å². The van der Waals surface area contributed by atoms with E-state index in [1.54, 1.807) is 24.4 Å². The lowest BCUT2D eigenvalue weighted by Crippen LogP contribution is -2.13. The summed E-state index contributed by atoms with van der Waals surface area (Å²) in [5, 5.41) is 19.8. The van der Waals surface area contributed by atoms with E-state index >= 15 is 0 Å². The monoisotopic (exact) mass is 304 g/mol. The van der Waals surface area contributed by atoms with Crippen molar-refractivity contribution in [2.24, 2.45) is 0 Å². The van der Waals surface area contributed by atoms with Gasteiger partial charge < -0.3 is 15.2 Å². The van der Waals surface area contributed by atoms with Crippen molar-refractivity contribution in [3.63, 3.8) is 0 Å². The first-order valence-electron chi connectivity index (χ1n) is 6.08. The number of sulfonamides is 1. The zero-order chi connectivity index (χ0) is 15.0. The van der Waals surface area contributed by atoms with Crippen molar-refractivity contribution in [2.45, 2.75) is 4.90 Å². The molecule has 0 bridgehead atoms. The van der Waals surface area contributed by atoms with E-state index in [9.17, 15) is 18.6 Å². The molecule has 0 unspecified atom stereocenters. The third-order valence-corrected chi connectivity index (χ3v) is 4.47. The lowest BCUT2D eigenvalue weighted by molar-refractivity contribution is 0.440. The van der Waals surface area contributed by atoms with E-state index in [1.165, 1.54) is 6.07 Å². The summed E-state index contributed by atoms with van der Waals surface area (Å²) < 4.78 is 26.9. The number of rotatable bonds is 3. The number of hydrogen-bond donors (Lipinski definition) is 4. The number of nitrogens with one attached hydrogen (secondary N) is 2. The van der Waals surface area contributed by atoms with Crippen molar-refractivity contribution >= 4 is 26.6 Å². The average Bonchev–Trinajstić information content (AvgIpc) is 2.85. The lowest BCUT2D eigenvalue weighted by Gasteiger charge is -2.09. The molecule has 0 spiro atoms. The molecule has 0 aliphatic carbocycles. The minimum absolute atomic E-state index is 0.209. The van der Waals surface area contributed by atoms with Crippen LogP contribution in [-0.4, -0.2) is 23.6 Å². The molecular weight excluding hydrogens is 292 g/mol. The Morgan fingerprint density at radius 3 is 2.57 bits per heavy atom. The van der Waals surface area contributed by atoms with E-state index in [0.29, 0.717) is 5.69 Å². The van der Waals surface area contributed by atoms with Crippen LogP contribution >= 0.6 is 0 Å². The fourth-order valence-electron chi connectivity index (χ4n) is 2.05. The normalized spacial score (nSPS) is 11.6. The number of phenolic OH excluding ortho intramolecular Hbond substituents is 2. The molecule has 7 heteroatoms. The number of aromatic nitrogens is 1. The van der Waals surface area contributed by atoms with Gasteiger partial charge >= 0.3 is 0 Å².